The van der Waals surface area contributed by atoms with Crippen molar-refractivity contribution < 1.29 is 18.0 Å². The van der Waals surface area contributed by atoms with Gasteiger partial charge in [-0.05, 0) is 60.2 Å². The largest absolute Gasteiger partial charge is 0.348 e. The van der Waals surface area contributed by atoms with E-state index in [1.54, 1.807) is 47.7 Å². The second kappa shape index (κ2) is 10.4. The maximum Gasteiger partial charge on any atom is 0.251 e. The first-order valence-corrected chi connectivity index (χ1v) is 12.6. The first-order chi connectivity index (χ1) is 14.8. The first kappa shape index (κ1) is 22.7. The topological polar surface area (TPSA) is 92.3 Å². The predicted molar refractivity (Wildman–Crippen MR) is 123 cm³/mol. The highest BCUT2D eigenvalue weighted by Gasteiger charge is 2.10. The summed E-state index contributed by atoms with van der Waals surface area (Å²) in [4.78, 5) is 26.1. The van der Waals surface area contributed by atoms with Crippen LogP contribution in [-0.2, 0) is 27.6 Å². The molecule has 2 aromatic carbocycles. The third-order valence-electron chi connectivity index (χ3n) is 4.62. The minimum atomic E-state index is -3.25. The van der Waals surface area contributed by atoms with Gasteiger partial charge in [0.05, 0.1) is 4.90 Å². The zero-order chi connectivity index (χ0) is 22.3. The van der Waals surface area contributed by atoms with Gasteiger partial charge in [-0.15, -0.1) is 11.3 Å². The second-order valence-corrected chi connectivity index (χ2v) is 10.2. The highest BCUT2D eigenvalue weighted by molar-refractivity contribution is 7.90. The van der Waals surface area contributed by atoms with Crippen molar-refractivity contribution in [2.45, 2.75) is 30.7 Å². The van der Waals surface area contributed by atoms with Gasteiger partial charge >= 0.3 is 0 Å². The normalized spacial score (nSPS) is 11.1. The molecule has 2 N–H and O–H groups in total. The maximum absolute atomic E-state index is 12.5. The lowest BCUT2D eigenvalue weighted by Gasteiger charge is -2.09. The van der Waals surface area contributed by atoms with E-state index < -0.39 is 9.84 Å². The molecule has 0 bridgehead atoms. The molecule has 0 radical (unpaired) electrons. The summed E-state index contributed by atoms with van der Waals surface area (Å²) in [6.07, 6.45) is 3.21. The lowest BCUT2D eigenvalue weighted by Crippen LogP contribution is -2.23. The highest BCUT2D eigenvalue weighted by atomic mass is 32.2. The minimum absolute atomic E-state index is 0.0833. The van der Waals surface area contributed by atoms with Crippen LogP contribution in [0.2, 0.25) is 0 Å². The summed E-state index contributed by atoms with van der Waals surface area (Å²) >= 11 is 1.69. The van der Waals surface area contributed by atoms with E-state index in [2.05, 4.69) is 16.7 Å². The van der Waals surface area contributed by atoms with Crippen LogP contribution >= 0.6 is 11.3 Å². The maximum atomic E-state index is 12.5. The Morgan fingerprint density at radius 2 is 1.77 bits per heavy atom. The van der Waals surface area contributed by atoms with Gasteiger partial charge in [0.2, 0.25) is 5.91 Å². The molecule has 0 atom stereocenters. The zero-order valence-electron chi connectivity index (χ0n) is 17.1. The zero-order valence-corrected chi connectivity index (χ0v) is 18.8. The lowest BCUT2D eigenvalue weighted by molar-refractivity contribution is -0.116. The van der Waals surface area contributed by atoms with Crippen LogP contribution in [0.4, 0.5) is 5.69 Å². The number of hydrogen-bond donors (Lipinski definition) is 2. The molecule has 0 aliphatic rings. The molecule has 162 valence electrons. The average Bonchev–Trinajstić information content (AvgIpc) is 3.25. The van der Waals surface area contributed by atoms with Gasteiger partial charge in [-0.25, -0.2) is 8.42 Å². The van der Waals surface area contributed by atoms with Crippen LogP contribution in [0.25, 0.3) is 0 Å². The number of hydrogen-bond acceptors (Lipinski definition) is 5. The summed E-state index contributed by atoms with van der Waals surface area (Å²) in [7, 11) is -3.25. The Labute approximate surface area is 186 Å². The fourth-order valence-corrected chi connectivity index (χ4v) is 4.36. The molecule has 0 unspecified atom stereocenters. The number of rotatable bonds is 9. The van der Waals surface area contributed by atoms with E-state index in [0.717, 1.165) is 24.7 Å². The molecule has 3 aromatic rings. The molecule has 0 fully saturated rings. The summed E-state index contributed by atoms with van der Waals surface area (Å²) < 4.78 is 23.0. The van der Waals surface area contributed by atoms with Crippen molar-refractivity contribution in [2.24, 2.45) is 0 Å². The van der Waals surface area contributed by atoms with Gasteiger partial charge in [-0.1, -0.05) is 24.3 Å². The summed E-state index contributed by atoms with van der Waals surface area (Å²) in [5.41, 5.74) is 1.80. The Morgan fingerprint density at radius 1 is 1.00 bits per heavy atom. The van der Waals surface area contributed by atoms with Crippen LogP contribution in [0.1, 0.15) is 33.6 Å². The predicted octanol–water partition coefficient (Wildman–Crippen LogP) is 4.04. The average molecular weight is 457 g/mol. The van der Waals surface area contributed by atoms with Crippen molar-refractivity contribution in [3.8, 4) is 0 Å². The van der Waals surface area contributed by atoms with E-state index in [9.17, 15) is 18.0 Å². The number of nitrogens with one attached hydrogen (secondary N) is 2. The van der Waals surface area contributed by atoms with E-state index in [4.69, 9.17) is 0 Å². The molecule has 31 heavy (non-hydrogen) atoms. The van der Waals surface area contributed by atoms with Gasteiger partial charge in [0, 0.05) is 35.3 Å². The first-order valence-electron chi connectivity index (χ1n) is 9.81. The number of carbonyl (C=O) groups is 2. The van der Waals surface area contributed by atoms with Crippen LogP contribution < -0.4 is 10.6 Å². The fraction of sp³-hybridized carbons (Fsp3) is 0.217. The van der Waals surface area contributed by atoms with Gasteiger partial charge in [0.1, 0.15) is 0 Å². The Morgan fingerprint density at radius 3 is 2.45 bits per heavy atom. The molecule has 0 aliphatic carbocycles. The lowest BCUT2D eigenvalue weighted by atomic mass is 10.1. The number of sulfone groups is 1. The molecule has 0 spiro atoms. The number of anilines is 1. The standard InChI is InChI=1S/C23H24N2O4S2/c1-31(28,29)21-12-10-17(11-13-21)16-24-23(27)18-5-2-6-19(15-18)25-22(26)9-3-7-20-8-4-14-30-20/h2,4-6,8,10-15H,3,7,9,16H2,1H3,(H,24,27)(H,25,26). The van der Waals surface area contributed by atoms with Gasteiger partial charge in [0.25, 0.3) is 5.91 Å². The van der Waals surface area contributed by atoms with Crippen LogP contribution in [-0.4, -0.2) is 26.5 Å². The number of thiophene rings is 1. The van der Waals surface area contributed by atoms with Gasteiger partial charge in [0.15, 0.2) is 9.84 Å². The monoisotopic (exact) mass is 456 g/mol. The molecule has 3 rings (SSSR count). The smallest absolute Gasteiger partial charge is 0.251 e. The Hall–Kier alpha value is -2.97. The summed E-state index contributed by atoms with van der Waals surface area (Å²) in [5, 5.41) is 7.67. The molecular weight excluding hydrogens is 432 g/mol. The van der Waals surface area contributed by atoms with Crippen molar-refractivity contribution >= 4 is 38.7 Å². The van der Waals surface area contributed by atoms with Gasteiger partial charge < -0.3 is 10.6 Å². The molecule has 1 aromatic heterocycles. The highest BCUT2D eigenvalue weighted by Crippen LogP contribution is 2.15. The minimum Gasteiger partial charge on any atom is -0.348 e. The molecule has 0 saturated heterocycles. The van der Waals surface area contributed by atoms with Crippen LogP contribution in [0.15, 0.2) is 70.9 Å². The molecule has 8 heteroatoms. The summed E-state index contributed by atoms with van der Waals surface area (Å²) in [6, 6.07) is 17.2. The van der Waals surface area contributed by atoms with Crippen molar-refractivity contribution in [1.29, 1.82) is 0 Å². The van der Waals surface area contributed by atoms with Crippen LogP contribution in [0.3, 0.4) is 0 Å². The van der Waals surface area contributed by atoms with E-state index >= 15 is 0 Å². The fourth-order valence-electron chi connectivity index (χ4n) is 2.98. The van der Waals surface area contributed by atoms with E-state index in [1.165, 1.54) is 17.0 Å². The van der Waals surface area contributed by atoms with E-state index in [-0.39, 0.29) is 23.3 Å². The third kappa shape index (κ3) is 7.04. The Kier molecular flexibility index (Phi) is 7.59. The number of benzene rings is 2. The van der Waals surface area contributed by atoms with E-state index in [1.807, 2.05) is 11.4 Å². The summed E-state index contributed by atoms with van der Waals surface area (Å²) in [6.45, 7) is 0.266. The van der Waals surface area contributed by atoms with Crippen LogP contribution in [0.5, 0.6) is 0 Å². The van der Waals surface area contributed by atoms with Gasteiger partial charge in [-0.3, -0.25) is 9.59 Å². The van der Waals surface area contributed by atoms with Crippen molar-refractivity contribution in [1.82, 2.24) is 5.32 Å². The Balaban J connectivity index is 1.50. The van der Waals surface area contributed by atoms with Crippen molar-refractivity contribution in [3.05, 3.63) is 82.0 Å². The van der Waals surface area contributed by atoms with Crippen LogP contribution in [0, 0.1) is 0 Å². The summed E-state index contributed by atoms with van der Waals surface area (Å²) in [5.74, 6) is -0.360. The van der Waals surface area contributed by atoms with Crippen molar-refractivity contribution in [2.75, 3.05) is 11.6 Å². The Bertz CT molecular complexity index is 1140. The molecular formula is C23H24N2O4S2. The molecule has 6 nitrogen and oxygen atoms in total. The van der Waals surface area contributed by atoms with E-state index in [0.29, 0.717) is 17.7 Å². The van der Waals surface area contributed by atoms with Gasteiger partial charge in [-0.2, -0.15) is 0 Å². The van der Waals surface area contributed by atoms with Crippen molar-refractivity contribution in [3.63, 3.8) is 0 Å². The molecule has 1 heterocycles. The SMILES string of the molecule is CS(=O)(=O)c1ccc(CNC(=O)c2cccc(NC(=O)CCCc3cccs3)c2)cc1. The number of carbonyl (C=O) groups excluding carboxylic acids is 2. The molecule has 2 amide bonds. The molecule has 0 saturated carbocycles. The second-order valence-electron chi connectivity index (χ2n) is 7.16. The third-order valence-corrected chi connectivity index (χ3v) is 6.68. The number of amides is 2. The quantitative estimate of drug-likeness (QED) is 0.508. The number of aryl methyl sites for hydroxylation is 1. The molecule has 0 aliphatic heterocycles.